The Morgan fingerprint density at radius 3 is 2.44 bits per heavy atom. The van der Waals surface area contributed by atoms with Gasteiger partial charge in [0.1, 0.15) is 5.75 Å². The number of aromatic hydroxyl groups is 1. The van der Waals surface area contributed by atoms with Gasteiger partial charge in [-0.15, -0.1) is 0 Å². The average Bonchev–Trinajstić information content (AvgIpc) is 3.17. The van der Waals surface area contributed by atoms with Crippen LogP contribution in [0.5, 0.6) is 5.75 Å². The number of ketones is 2. The highest BCUT2D eigenvalue weighted by Crippen LogP contribution is 2.56. The quantitative estimate of drug-likeness (QED) is 0.180. The van der Waals surface area contributed by atoms with Gasteiger partial charge < -0.3 is 5.11 Å². The Bertz CT molecular complexity index is 1620. The molecule has 2 aromatic carbocycles. The van der Waals surface area contributed by atoms with Crippen LogP contribution in [0.15, 0.2) is 81.4 Å². The number of nitrogens with zero attached hydrogens (tertiary/aromatic N) is 2. The lowest BCUT2D eigenvalue weighted by Gasteiger charge is -2.42. The lowest BCUT2D eigenvalue weighted by Crippen LogP contribution is -2.39. The first-order valence-electron chi connectivity index (χ1n) is 12.4. The number of fused-ring (bicyclic) bond motifs is 3. The molecule has 1 saturated heterocycles. The predicted molar refractivity (Wildman–Crippen MR) is 143 cm³/mol. The number of benzene rings is 2. The standard InChI is InChI=1S/C29H21BrN2O7/c1-13-10-23(34)21-12-19-17(24(26(21)27(13)35)20-11-14(30)2-9-22(20)33)7-8-18-25(19)29(37)31(28(18)36)15-3-5-16(6-4-15)32(38)39/h2-7,9-11,18-19,24-25,33H,8,12H2,1H3/t18-,19+,24+,25-/m0/s1. The number of anilines is 1. The second-order valence-electron chi connectivity index (χ2n) is 10.2. The van der Waals surface area contributed by atoms with Crippen molar-refractivity contribution in [2.24, 2.45) is 17.8 Å². The molecule has 0 spiro atoms. The number of carbonyl (C=O) groups excluding carboxylic acids is 4. The monoisotopic (exact) mass is 588 g/mol. The van der Waals surface area contributed by atoms with E-state index in [2.05, 4.69) is 15.9 Å². The minimum atomic E-state index is -0.784. The summed E-state index contributed by atoms with van der Waals surface area (Å²) in [5, 5.41) is 21.9. The van der Waals surface area contributed by atoms with Crippen LogP contribution in [-0.2, 0) is 19.2 Å². The summed E-state index contributed by atoms with van der Waals surface area (Å²) in [5.41, 5.74) is 2.15. The number of amides is 2. The van der Waals surface area contributed by atoms with Crippen molar-refractivity contribution < 1.29 is 29.2 Å². The molecule has 3 aliphatic carbocycles. The molecule has 0 aromatic heterocycles. The molecule has 10 heteroatoms. The van der Waals surface area contributed by atoms with Crippen LogP contribution in [0, 0.1) is 27.9 Å². The lowest BCUT2D eigenvalue weighted by atomic mass is 9.59. The number of halogens is 1. The molecule has 1 heterocycles. The zero-order chi connectivity index (χ0) is 27.7. The molecule has 1 N–H and O–H groups in total. The Morgan fingerprint density at radius 1 is 1.03 bits per heavy atom. The van der Waals surface area contributed by atoms with E-state index in [0.717, 1.165) is 10.5 Å². The number of nitro groups is 1. The number of allylic oxidation sites excluding steroid dienone is 6. The van der Waals surface area contributed by atoms with E-state index in [1.165, 1.54) is 36.4 Å². The van der Waals surface area contributed by atoms with Crippen molar-refractivity contribution in [1.29, 1.82) is 0 Å². The number of carbonyl (C=O) groups is 4. The van der Waals surface area contributed by atoms with Gasteiger partial charge in [-0.3, -0.25) is 34.2 Å². The summed E-state index contributed by atoms with van der Waals surface area (Å²) >= 11 is 3.43. The van der Waals surface area contributed by atoms with Gasteiger partial charge in [0.2, 0.25) is 11.8 Å². The van der Waals surface area contributed by atoms with Crippen LogP contribution in [0.4, 0.5) is 11.4 Å². The normalized spacial score (nSPS) is 26.2. The molecular formula is C29H21BrN2O7. The number of non-ortho nitro benzene ring substituents is 1. The van der Waals surface area contributed by atoms with E-state index < -0.39 is 40.4 Å². The predicted octanol–water partition coefficient (Wildman–Crippen LogP) is 4.70. The van der Waals surface area contributed by atoms with Crippen LogP contribution in [0.25, 0.3) is 0 Å². The van der Waals surface area contributed by atoms with E-state index >= 15 is 0 Å². The highest BCUT2D eigenvalue weighted by Gasteiger charge is 2.56. The first-order chi connectivity index (χ1) is 18.6. The highest BCUT2D eigenvalue weighted by molar-refractivity contribution is 9.10. The highest BCUT2D eigenvalue weighted by atomic mass is 79.9. The van der Waals surface area contributed by atoms with Gasteiger partial charge in [-0.05, 0) is 62.1 Å². The third kappa shape index (κ3) is 3.73. The van der Waals surface area contributed by atoms with Crippen molar-refractivity contribution in [2.45, 2.75) is 25.7 Å². The van der Waals surface area contributed by atoms with Gasteiger partial charge in [-0.25, -0.2) is 0 Å². The summed E-state index contributed by atoms with van der Waals surface area (Å²) in [4.78, 5) is 65.6. The first kappa shape index (κ1) is 25.1. The van der Waals surface area contributed by atoms with Crippen molar-refractivity contribution in [3.8, 4) is 5.75 Å². The molecule has 0 saturated carbocycles. The van der Waals surface area contributed by atoms with Gasteiger partial charge in [0.25, 0.3) is 5.69 Å². The molecule has 39 heavy (non-hydrogen) atoms. The molecule has 0 bridgehead atoms. The van der Waals surface area contributed by atoms with Crippen LogP contribution in [0.2, 0.25) is 0 Å². The summed E-state index contributed by atoms with van der Waals surface area (Å²) in [7, 11) is 0. The van der Waals surface area contributed by atoms with Crippen molar-refractivity contribution in [2.75, 3.05) is 4.90 Å². The maximum atomic E-state index is 13.9. The van der Waals surface area contributed by atoms with Crippen molar-refractivity contribution in [3.05, 3.63) is 97.1 Å². The topological polar surface area (TPSA) is 135 Å². The molecule has 0 radical (unpaired) electrons. The van der Waals surface area contributed by atoms with E-state index in [4.69, 9.17) is 0 Å². The fraction of sp³-hybridized carbons (Fsp3) is 0.241. The van der Waals surface area contributed by atoms with Crippen LogP contribution < -0.4 is 4.90 Å². The third-order valence-corrected chi connectivity index (χ3v) is 8.68. The largest absolute Gasteiger partial charge is 0.508 e. The van der Waals surface area contributed by atoms with Gasteiger partial charge in [0.05, 0.1) is 22.4 Å². The van der Waals surface area contributed by atoms with E-state index in [1.807, 2.05) is 6.08 Å². The first-order valence-corrected chi connectivity index (χ1v) is 13.2. The SMILES string of the molecule is CC1=CC(=O)C2=C(C1=O)[C@@H](c1cc(Br)ccc1O)C1=CC[C@@H]3C(=O)N(c4ccc([N+](=O)[O-])cc4)C(=O)[C@@H]3[C@@H]1C2. The zero-order valence-corrected chi connectivity index (χ0v) is 22.2. The molecule has 2 amide bonds. The molecule has 9 nitrogen and oxygen atoms in total. The smallest absolute Gasteiger partial charge is 0.269 e. The van der Waals surface area contributed by atoms with E-state index in [1.54, 1.807) is 19.1 Å². The van der Waals surface area contributed by atoms with Gasteiger partial charge in [0, 0.05) is 44.8 Å². The number of phenols is 1. The molecule has 196 valence electrons. The molecular weight excluding hydrogens is 568 g/mol. The fourth-order valence-electron chi connectivity index (χ4n) is 6.45. The molecule has 2 aromatic rings. The van der Waals surface area contributed by atoms with Gasteiger partial charge in [-0.1, -0.05) is 27.6 Å². The number of rotatable bonds is 3. The Labute approximate surface area is 230 Å². The minimum Gasteiger partial charge on any atom is -0.508 e. The number of Topliss-reactive ketones (excluding diaryl/α,β-unsaturated/α-hetero) is 1. The van der Waals surface area contributed by atoms with Gasteiger partial charge >= 0.3 is 0 Å². The molecule has 6 rings (SSSR count). The number of imide groups is 1. The Kier molecular flexibility index (Phi) is 5.76. The molecule has 0 unspecified atom stereocenters. The van der Waals surface area contributed by atoms with Crippen LogP contribution in [0.1, 0.15) is 31.2 Å². The molecule has 1 fully saturated rings. The number of hydrogen-bond acceptors (Lipinski definition) is 7. The van der Waals surface area contributed by atoms with Crippen molar-refractivity contribution >= 4 is 50.7 Å². The lowest BCUT2D eigenvalue weighted by molar-refractivity contribution is -0.384. The van der Waals surface area contributed by atoms with Crippen LogP contribution >= 0.6 is 15.9 Å². The second-order valence-corrected chi connectivity index (χ2v) is 11.1. The number of nitro benzene ring substituents is 1. The summed E-state index contributed by atoms with van der Waals surface area (Å²) in [5.74, 6) is -4.26. The fourth-order valence-corrected chi connectivity index (χ4v) is 6.83. The van der Waals surface area contributed by atoms with Gasteiger partial charge in [-0.2, -0.15) is 0 Å². The summed E-state index contributed by atoms with van der Waals surface area (Å²) in [6.07, 6.45) is 3.54. The minimum absolute atomic E-state index is 0.0486. The molecule has 4 aliphatic rings. The molecule has 1 aliphatic heterocycles. The zero-order valence-electron chi connectivity index (χ0n) is 20.6. The Hall–Kier alpha value is -4.18. The Balaban J connectivity index is 1.47. The summed E-state index contributed by atoms with van der Waals surface area (Å²) in [6, 6.07) is 10.1. The Morgan fingerprint density at radius 2 is 1.74 bits per heavy atom. The van der Waals surface area contributed by atoms with Crippen LogP contribution in [-0.4, -0.2) is 33.4 Å². The molecule has 4 atom stereocenters. The van der Waals surface area contributed by atoms with Gasteiger partial charge in [0.15, 0.2) is 11.6 Å². The summed E-state index contributed by atoms with van der Waals surface area (Å²) < 4.78 is 0.673. The van der Waals surface area contributed by atoms with E-state index in [-0.39, 0.29) is 41.5 Å². The third-order valence-electron chi connectivity index (χ3n) is 8.18. The number of hydrogen-bond donors (Lipinski definition) is 1. The van der Waals surface area contributed by atoms with Crippen molar-refractivity contribution in [3.63, 3.8) is 0 Å². The second kappa shape index (κ2) is 8.94. The van der Waals surface area contributed by atoms with E-state index in [9.17, 15) is 34.4 Å². The number of phenolic OH excluding ortho intramolecular Hbond substituents is 1. The summed E-state index contributed by atoms with van der Waals surface area (Å²) in [6.45, 7) is 1.58. The van der Waals surface area contributed by atoms with Crippen molar-refractivity contribution in [1.82, 2.24) is 0 Å². The maximum Gasteiger partial charge on any atom is 0.269 e. The van der Waals surface area contributed by atoms with E-state index in [0.29, 0.717) is 26.8 Å². The van der Waals surface area contributed by atoms with Crippen LogP contribution in [0.3, 0.4) is 0 Å². The maximum absolute atomic E-state index is 13.9. The average molecular weight is 589 g/mol.